The van der Waals surface area contributed by atoms with Gasteiger partial charge in [0.15, 0.2) is 0 Å². The molecule has 0 aliphatic carbocycles. The molecule has 1 heterocycles. The fourth-order valence-corrected chi connectivity index (χ4v) is 1.86. The molecule has 0 unspecified atom stereocenters. The minimum Gasteiger partial charge on any atom is -0.481 e. The van der Waals surface area contributed by atoms with Crippen LogP contribution >= 0.6 is 0 Å². The van der Waals surface area contributed by atoms with Crippen molar-refractivity contribution in [3.63, 3.8) is 0 Å². The predicted molar refractivity (Wildman–Crippen MR) is 76.8 cm³/mol. The lowest BCUT2D eigenvalue weighted by molar-refractivity contribution is 0.398. The van der Waals surface area contributed by atoms with Gasteiger partial charge in [-0.05, 0) is 17.5 Å². The Hall–Kier alpha value is -2.30. The van der Waals surface area contributed by atoms with Gasteiger partial charge in [0.05, 0.1) is 7.11 Å². The van der Waals surface area contributed by atoms with E-state index in [-0.39, 0.29) is 5.95 Å². The van der Waals surface area contributed by atoms with Gasteiger partial charge in [0.25, 0.3) is 0 Å². The summed E-state index contributed by atoms with van der Waals surface area (Å²) in [5.41, 5.74) is 7.88. The third-order valence-corrected chi connectivity index (χ3v) is 2.77. The van der Waals surface area contributed by atoms with E-state index in [9.17, 15) is 0 Å². The predicted octanol–water partition coefficient (Wildman–Crippen LogP) is 2.93. The summed E-state index contributed by atoms with van der Waals surface area (Å²) < 4.78 is 5.08. The van der Waals surface area contributed by atoms with E-state index >= 15 is 0 Å². The van der Waals surface area contributed by atoms with Crippen molar-refractivity contribution >= 4 is 17.5 Å². The van der Waals surface area contributed by atoms with E-state index in [1.807, 2.05) is 18.2 Å². The van der Waals surface area contributed by atoms with Crippen LogP contribution in [0.15, 0.2) is 30.3 Å². The molecule has 1 aromatic carbocycles. The number of nitrogen functional groups attached to an aromatic ring is 1. The van der Waals surface area contributed by atoms with Crippen LogP contribution < -0.4 is 15.8 Å². The molecule has 0 atom stereocenters. The van der Waals surface area contributed by atoms with Gasteiger partial charge in [-0.15, -0.1) is 0 Å². The molecule has 0 aliphatic heterocycles. The number of aromatic nitrogens is 2. The topological polar surface area (TPSA) is 73.1 Å². The third-order valence-electron chi connectivity index (χ3n) is 2.77. The first-order valence-electron chi connectivity index (χ1n) is 6.14. The number of hydrogen-bond donors (Lipinski definition) is 2. The number of anilines is 3. The van der Waals surface area contributed by atoms with Gasteiger partial charge in [0.2, 0.25) is 11.8 Å². The van der Waals surface area contributed by atoms with Crippen LogP contribution in [-0.4, -0.2) is 17.1 Å². The van der Waals surface area contributed by atoms with Gasteiger partial charge in [-0.3, -0.25) is 0 Å². The average molecular weight is 258 g/mol. The molecule has 100 valence electrons. The van der Waals surface area contributed by atoms with Crippen LogP contribution in [0.1, 0.15) is 25.3 Å². The first-order valence-corrected chi connectivity index (χ1v) is 6.14. The number of ether oxygens (including phenoxy) is 1. The van der Waals surface area contributed by atoms with Gasteiger partial charge in [-0.2, -0.15) is 9.97 Å². The highest BCUT2D eigenvalue weighted by Crippen LogP contribution is 2.27. The number of benzene rings is 1. The molecule has 19 heavy (non-hydrogen) atoms. The van der Waals surface area contributed by atoms with E-state index in [0.717, 1.165) is 5.69 Å². The Labute approximate surface area is 112 Å². The molecule has 0 fully saturated rings. The number of nitrogens with two attached hydrogens (primary N) is 1. The number of para-hydroxylation sites is 1. The minimum absolute atomic E-state index is 0.184. The van der Waals surface area contributed by atoms with Crippen molar-refractivity contribution in [2.45, 2.75) is 19.8 Å². The molecule has 0 aliphatic rings. The van der Waals surface area contributed by atoms with Crippen molar-refractivity contribution < 1.29 is 4.74 Å². The highest BCUT2D eigenvalue weighted by Gasteiger charge is 2.08. The van der Waals surface area contributed by atoms with Gasteiger partial charge in [0.1, 0.15) is 5.82 Å². The number of nitrogens with zero attached hydrogens (tertiary/aromatic N) is 2. The Kier molecular flexibility index (Phi) is 3.85. The second kappa shape index (κ2) is 5.56. The maximum absolute atomic E-state index is 5.64. The zero-order valence-corrected chi connectivity index (χ0v) is 11.3. The first kappa shape index (κ1) is 13.1. The summed E-state index contributed by atoms with van der Waals surface area (Å²) in [5, 5.41) is 3.26. The highest BCUT2D eigenvalue weighted by atomic mass is 16.5. The second-order valence-corrected chi connectivity index (χ2v) is 4.52. The Bertz CT molecular complexity index is 569. The number of nitrogens with one attached hydrogen (secondary N) is 1. The van der Waals surface area contributed by atoms with Crippen molar-refractivity contribution in [3.8, 4) is 5.88 Å². The minimum atomic E-state index is 0.184. The molecule has 2 aromatic rings. The zero-order chi connectivity index (χ0) is 13.8. The Morgan fingerprint density at radius 3 is 2.63 bits per heavy atom. The van der Waals surface area contributed by atoms with Crippen molar-refractivity contribution in [3.05, 3.63) is 35.9 Å². The Morgan fingerprint density at radius 2 is 1.95 bits per heavy atom. The molecular weight excluding hydrogens is 240 g/mol. The molecule has 1 aromatic heterocycles. The molecule has 3 N–H and O–H groups in total. The number of methoxy groups -OCH3 is 1. The molecule has 5 nitrogen and oxygen atoms in total. The molecule has 0 saturated heterocycles. The molecule has 0 radical (unpaired) electrons. The van der Waals surface area contributed by atoms with Crippen molar-refractivity contribution in [1.29, 1.82) is 0 Å². The van der Waals surface area contributed by atoms with Crippen LogP contribution in [0.25, 0.3) is 0 Å². The summed E-state index contributed by atoms with van der Waals surface area (Å²) in [6.45, 7) is 4.30. The van der Waals surface area contributed by atoms with Crippen LogP contribution in [0.4, 0.5) is 17.5 Å². The van der Waals surface area contributed by atoms with Gasteiger partial charge in [0, 0.05) is 11.8 Å². The van der Waals surface area contributed by atoms with Crippen LogP contribution in [0.2, 0.25) is 0 Å². The lowest BCUT2D eigenvalue weighted by Gasteiger charge is -2.14. The summed E-state index contributed by atoms with van der Waals surface area (Å²) in [6.07, 6.45) is 0. The fraction of sp³-hybridized carbons (Fsp3) is 0.286. The summed E-state index contributed by atoms with van der Waals surface area (Å²) in [5.74, 6) is 1.67. The van der Waals surface area contributed by atoms with E-state index in [1.54, 1.807) is 13.2 Å². The standard InChI is InChI=1S/C14H18N4O/c1-9(2)10-6-4-5-7-11(10)16-12-8-13(19-3)18-14(15)17-12/h4-9H,1-3H3,(H3,15,16,17,18). The zero-order valence-electron chi connectivity index (χ0n) is 11.3. The summed E-state index contributed by atoms with van der Waals surface area (Å²) in [7, 11) is 1.55. The van der Waals surface area contributed by atoms with Crippen LogP contribution in [0, 0.1) is 0 Å². The monoisotopic (exact) mass is 258 g/mol. The maximum Gasteiger partial charge on any atom is 0.225 e. The largest absolute Gasteiger partial charge is 0.481 e. The second-order valence-electron chi connectivity index (χ2n) is 4.52. The van der Waals surface area contributed by atoms with E-state index in [2.05, 4.69) is 35.2 Å². The molecule has 0 bridgehead atoms. The van der Waals surface area contributed by atoms with Crippen LogP contribution in [0.3, 0.4) is 0 Å². The first-order chi connectivity index (χ1) is 9.10. The van der Waals surface area contributed by atoms with Crippen molar-refractivity contribution in [2.75, 3.05) is 18.2 Å². The molecule has 2 rings (SSSR count). The summed E-state index contributed by atoms with van der Waals surface area (Å²) in [4.78, 5) is 8.11. The lowest BCUT2D eigenvalue weighted by atomic mass is 10.0. The van der Waals surface area contributed by atoms with Gasteiger partial charge < -0.3 is 15.8 Å². The van der Waals surface area contributed by atoms with Crippen LogP contribution in [0.5, 0.6) is 5.88 Å². The molecule has 0 spiro atoms. The third kappa shape index (κ3) is 3.13. The SMILES string of the molecule is COc1cc(Nc2ccccc2C(C)C)nc(N)n1. The number of rotatable bonds is 4. The van der Waals surface area contributed by atoms with E-state index in [1.165, 1.54) is 5.56 Å². The van der Waals surface area contributed by atoms with Crippen LogP contribution in [-0.2, 0) is 0 Å². The normalized spacial score (nSPS) is 10.5. The smallest absolute Gasteiger partial charge is 0.225 e. The summed E-state index contributed by atoms with van der Waals surface area (Å²) >= 11 is 0. The van der Waals surface area contributed by atoms with Gasteiger partial charge >= 0.3 is 0 Å². The molecule has 5 heteroatoms. The van der Waals surface area contributed by atoms with Crippen molar-refractivity contribution in [1.82, 2.24) is 9.97 Å². The fourth-order valence-electron chi connectivity index (χ4n) is 1.86. The lowest BCUT2D eigenvalue weighted by Crippen LogP contribution is -2.03. The quantitative estimate of drug-likeness (QED) is 0.882. The Morgan fingerprint density at radius 1 is 1.21 bits per heavy atom. The Balaban J connectivity index is 2.33. The summed E-state index contributed by atoms with van der Waals surface area (Å²) in [6, 6.07) is 9.83. The van der Waals surface area contributed by atoms with Gasteiger partial charge in [-0.25, -0.2) is 0 Å². The van der Waals surface area contributed by atoms with E-state index in [0.29, 0.717) is 17.6 Å². The average Bonchev–Trinajstić information content (AvgIpc) is 2.38. The highest BCUT2D eigenvalue weighted by molar-refractivity contribution is 5.62. The molecule has 0 amide bonds. The maximum atomic E-state index is 5.64. The number of hydrogen-bond acceptors (Lipinski definition) is 5. The van der Waals surface area contributed by atoms with E-state index in [4.69, 9.17) is 10.5 Å². The van der Waals surface area contributed by atoms with Crippen molar-refractivity contribution in [2.24, 2.45) is 0 Å². The van der Waals surface area contributed by atoms with Gasteiger partial charge in [-0.1, -0.05) is 32.0 Å². The molecular formula is C14H18N4O. The van der Waals surface area contributed by atoms with E-state index < -0.39 is 0 Å². The molecule has 0 saturated carbocycles.